The van der Waals surface area contributed by atoms with Crippen molar-refractivity contribution < 1.29 is 4.79 Å². The van der Waals surface area contributed by atoms with Crippen molar-refractivity contribution in [3.8, 4) is 11.3 Å². The number of hydrogen-bond acceptors (Lipinski definition) is 2. The SMILES string of the molecule is C=c1cc2n(/c1=C/C=C\C)CCCn1cc(C(=O)NCCNC)c3cccc-2c31. The number of para-hydroxylation sites is 1. The molecular weight excluding hydrogens is 360 g/mol. The normalized spacial score (nSPS) is 14.2. The van der Waals surface area contributed by atoms with Gasteiger partial charge in [-0.15, -0.1) is 0 Å². The molecule has 0 atom stereocenters. The van der Waals surface area contributed by atoms with Crippen LogP contribution in [0.3, 0.4) is 0 Å². The van der Waals surface area contributed by atoms with E-state index in [4.69, 9.17) is 0 Å². The lowest BCUT2D eigenvalue weighted by Crippen LogP contribution is -2.30. The molecular formula is C24H28N4O. The molecule has 0 radical (unpaired) electrons. The van der Waals surface area contributed by atoms with Gasteiger partial charge in [-0.1, -0.05) is 36.9 Å². The number of likely N-dealkylation sites (N-methyl/N-ethyl adjacent to an activating group) is 1. The van der Waals surface area contributed by atoms with Gasteiger partial charge in [0.15, 0.2) is 0 Å². The summed E-state index contributed by atoms with van der Waals surface area (Å²) in [6, 6.07) is 8.41. The monoisotopic (exact) mass is 388 g/mol. The van der Waals surface area contributed by atoms with E-state index in [0.29, 0.717) is 6.54 Å². The molecule has 0 saturated heterocycles. The van der Waals surface area contributed by atoms with Crippen LogP contribution < -0.4 is 21.2 Å². The number of nitrogens with zero attached hydrogens (tertiary/aromatic N) is 2. The van der Waals surface area contributed by atoms with E-state index >= 15 is 0 Å². The zero-order valence-electron chi connectivity index (χ0n) is 17.2. The number of allylic oxidation sites excluding steroid dienone is 2. The summed E-state index contributed by atoms with van der Waals surface area (Å²) in [5.74, 6) is -0.0178. The van der Waals surface area contributed by atoms with Gasteiger partial charge in [-0.2, -0.15) is 0 Å². The van der Waals surface area contributed by atoms with Crippen molar-refractivity contribution in [1.82, 2.24) is 19.8 Å². The number of carbonyl (C=O) groups excluding carboxylic acids is 1. The van der Waals surface area contributed by atoms with Crippen LogP contribution >= 0.6 is 0 Å². The zero-order chi connectivity index (χ0) is 20.4. The van der Waals surface area contributed by atoms with Crippen LogP contribution in [0.4, 0.5) is 0 Å². The molecule has 0 bridgehead atoms. The first kappa shape index (κ1) is 19.3. The van der Waals surface area contributed by atoms with Crippen LogP contribution in [-0.2, 0) is 13.1 Å². The molecule has 2 aromatic heterocycles. The van der Waals surface area contributed by atoms with E-state index in [2.05, 4.69) is 56.7 Å². The molecule has 0 spiro atoms. The van der Waals surface area contributed by atoms with Crippen molar-refractivity contribution in [3.63, 3.8) is 0 Å². The number of aromatic nitrogens is 2. The van der Waals surface area contributed by atoms with E-state index in [1.165, 1.54) is 0 Å². The second-order valence-corrected chi connectivity index (χ2v) is 7.44. The van der Waals surface area contributed by atoms with Crippen molar-refractivity contribution in [2.24, 2.45) is 0 Å². The topological polar surface area (TPSA) is 51.0 Å². The maximum atomic E-state index is 12.8. The molecule has 1 aliphatic rings. The number of aryl methyl sites for hydroxylation is 1. The van der Waals surface area contributed by atoms with Gasteiger partial charge in [-0.3, -0.25) is 4.79 Å². The first-order valence-electron chi connectivity index (χ1n) is 10.2. The first-order chi connectivity index (χ1) is 14.2. The lowest BCUT2D eigenvalue weighted by atomic mass is 10.0. The number of rotatable bonds is 5. The molecule has 5 heteroatoms. The average molecular weight is 389 g/mol. The smallest absolute Gasteiger partial charge is 0.253 e. The molecule has 0 aliphatic carbocycles. The Bertz CT molecular complexity index is 1200. The Balaban J connectivity index is 1.90. The maximum Gasteiger partial charge on any atom is 0.253 e. The van der Waals surface area contributed by atoms with Gasteiger partial charge in [0.05, 0.1) is 16.8 Å². The molecule has 1 amide bonds. The summed E-state index contributed by atoms with van der Waals surface area (Å²) < 4.78 is 4.60. The molecule has 4 rings (SSSR count). The van der Waals surface area contributed by atoms with Crippen molar-refractivity contribution in [2.75, 3.05) is 20.1 Å². The third-order valence-electron chi connectivity index (χ3n) is 5.53. The van der Waals surface area contributed by atoms with Crippen LogP contribution in [-0.4, -0.2) is 35.2 Å². The predicted octanol–water partition coefficient (Wildman–Crippen LogP) is 2.23. The summed E-state index contributed by atoms with van der Waals surface area (Å²) in [4.78, 5) is 12.8. The summed E-state index contributed by atoms with van der Waals surface area (Å²) in [6.07, 6.45) is 9.24. The van der Waals surface area contributed by atoms with E-state index in [-0.39, 0.29) is 5.91 Å². The molecule has 2 N–H and O–H groups in total. The van der Waals surface area contributed by atoms with Gasteiger partial charge in [0, 0.05) is 48.7 Å². The van der Waals surface area contributed by atoms with E-state index in [1.807, 2.05) is 32.3 Å². The molecule has 3 heterocycles. The van der Waals surface area contributed by atoms with Gasteiger partial charge in [0.25, 0.3) is 5.91 Å². The van der Waals surface area contributed by atoms with Crippen LogP contribution in [0.5, 0.6) is 0 Å². The van der Waals surface area contributed by atoms with E-state index in [1.54, 1.807) is 0 Å². The minimum atomic E-state index is -0.0178. The highest BCUT2D eigenvalue weighted by atomic mass is 16.1. The third-order valence-corrected chi connectivity index (χ3v) is 5.53. The summed E-state index contributed by atoms with van der Waals surface area (Å²) in [7, 11) is 1.88. The average Bonchev–Trinajstić information content (AvgIpc) is 3.23. The maximum absolute atomic E-state index is 12.8. The Morgan fingerprint density at radius 1 is 1.28 bits per heavy atom. The Kier molecular flexibility index (Phi) is 5.41. The van der Waals surface area contributed by atoms with Gasteiger partial charge < -0.3 is 19.8 Å². The fourth-order valence-electron chi connectivity index (χ4n) is 4.19. The Morgan fingerprint density at radius 3 is 2.93 bits per heavy atom. The van der Waals surface area contributed by atoms with Crippen LogP contribution in [0, 0.1) is 0 Å². The van der Waals surface area contributed by atoms with Crippen molar-refractivity contribution in [1.29, 1.82) is 0 Å². The van der Waals surface area contributed by atoms with Gasteiger partial charge in [-0.05, 0) is 37.8 Å². The number of nitrogens with one attached hydrogen (secondary N) is 2. The van der Waals surface area contributed by atoms with Crippen LogP contribution in [0.15, 0.2) is 42.6 Å². The first-order valence-corrected chi connectivity index (χ1v) is 10.2. The Labute approximate surface area is 171 Å². The molecule has 1 aromatic carbocycles. The van der Waals surface area contributed by atoms with E-state index in [0.717, 1.165) is 64.3 Å². The van der Waals surface area contributed by atoms with E-state index in [9.17, 15) is 4.79 Å². The Morgan fingerprint density at radius 2 is 2.14 bits per heavy atom. The third kappa shape index (κ3) is 3.42. The van der Waals surface area contributed by atoms with E-state index < -0.39 is 0 Å². The number of hydrogen-bond donors (Lipinski definition) is 2. The summed E-state index contributed by atoms with van der Waals surface area (Å²) in [5.41, 5.74) is 4.19. The minimum Gasteiger partial charge on any atom is -0.351 e. The van der Waals surface area contributed by atoms with Gasteiger partial charge in [-0.25, -0.2) is 0 Å². The number of fused-ring (bicyclic) bond motifs is 2. The lowest BCUT2D eigenvalue weighted by Gasteiger charge is -2.17. The second kappa shape index (κ2) is 8.13. The minimum absolute atomic E-state index is 0.0178. The molecule has 1 aliphatic heterocycles. The second-order valence-electron chi connectivity index (χ2n) is 7.44. The van der Waals surface area contributed by atoms with Crippen LogP contribution in [0.1, 0.15) is 23.7 Å². The van der Waals surface area contributed by atoms with Crippen LogP contribution in [0.25, 0.3) is 34.8 Å². The fourth-order valence-corrected chi connectivity index (χ4v) is 4.19. The number of amides is 1. The summed E-state index contributed by atoms with van der Waals surface area (Å²) >= 11 is 0. The zero-order valence-corrected chi connectivity index (χ0v) is 17.2. The molecule has 150 valence electrons. The van der Waals surface area contributed by atoms with Gasteiger partial charge >= 0.3 is 0 Å². The largest absolute Gasteiger partial charge is 0.351 e. The fraction of sp³-hybridized carbons (Fsp3) is 0.292. The summed E-state index contributed by atoms with van der Waals surface area (Å²) in [6.45, 7) is 9.46. The highest BCUT2D eigenvalue weighted by Crippen LogP contribution is 2.33. The van der Waals surface area contributed by atoms with Crippen molar-refractivity contribution in [3.05, 3.63) is 58.7 Å². The molecule has 3 aromatic rings. The predicted molar refractivity (Wildman–Crippen MR) is 120 cm³/mol. The molecule has 29 heavy (non-hydrogen) atoms. The Hall–Kier alpha value is -3.05. The highest BCUT2D eigenvalue weighted by Gasteiger charge is 2.21. The number of carbonyl (C=O) groups is 1. The quantitative estimate of drug-likeness (QED) is 0.659. The number of benzene rings is 1. The van der Waals surface area contributed by atoms with Crippen LogP contribution in [0.2, 0.25) is 0 Å². The molecule has 0 unspecified atom stereocenters. The molecule has 0 fully saturated rings. The van der Waals surface area contributed by atoms with Gasteiger partial charge in [0.2, 0.25) is 0 Å². The lowest BCUT2D eigenvalue weighted by molar-refractivity contribution is 0.0955. The molecule has 5 nitrogen and oxygen atoms in total. The van der Waals surface area contributed by atoms with Crippen molar-refractivity contribution in [2.45, 2.75) is 26.4 Å². The van der Waals surface area contributed by atoms with Gasteiger partial charge in [0.1, 0.15) is 0 Å². The standard InChI is InChI=1S/C24H28N4O/c1-4-5-10-21-17(2)15-22-19-9-6-8-18-20(24(29)26-12-11-25-3)16-27(23(18)19)13-7-14-28(21)22/h4-6,8-10,15-16,25H,2,7,11-14H2,1,3H3,(H,26,29)/b5-4-,21-10+. The molecule has 0 saturated carbocycles. The summed E-state index contributed by atoms with van der Waals surface area (Å²) in [5, 5.41) is 9.26. The van der Waals surface area contributed by atoms with Crippen molar-refractivity contribution >= 4 is 29.5 Å². The highest BCUT2D eigenvalue weighted by molar-refractivity contribution is 6.10.